The number of carbonyl (C=O) groups excluding carboxylic acids is 1. The van der Waals surface area contributed by atoms with Crippen LogP contribution in [0.4, 0.5) is 17.2 Å². The van der Waals surface area contributed by atoms with Crippen molar-refractivity contribution in [3.8, 4) is 5.75 Å². The summed E-state index contributed by atoms with van der Waals surface area (Å²) in [6.45, 7) is 2.49. The Hall–Kier alpha value is -3.05. The van der Waals surface area contributed by atoms with E-state index in [1.54, 1.807) is 30.5 Å². The normalized spacial score (nSPS) is 10.2. The molecule has 1 amide bonds. The van der Waals surface area contributed by atoms with E-state index in [1.165, 1.54) is 0 Å². The van der Waals surface area contributed by atoms with Crippen molar-refractivity contribution in [2.24, 2.45) is 0 Å². The van der Waals surface area contributed by atoms with E-state index in [9.17, 15) is 4.79 Å². The third kappa shape index (κ3) is 4.32. The van der Waals surface area contributed by atoms with Crippen molar-refractivity contribution in [2.75, 3.05) is 17.2 Å². The van der Waals surface area contributed by atoms with Crippen LogP contribution >= 0.6 is 11.6 Å². The minimum atomic E-state index is -0.262. The number of nitrogens with zero attached hydrogens (tertiary/aromatic N) is 1. The fraction of sp³-hybridized carbons (Fsp3) is 0.100. The third-order valence-corrected chi connectivity index (χ3v) is 3.92. The van der Waals surface area contributed by atoms with Gasteiger partial charge in [-0.15, -0.1) is 0 Å². The topological polar surface area (TPSA) is 63.2 Å². The van der Waals surface area contributed by atoms with Crippen molar-refractivity contribution in [2.45, 2.75) is 6.92 Å². The molecule has 0 aliphatic carbocycles. The Kier molecular flexibility index (Phi) is 5.71. The molecule has 2 aromatic carbocycles. The summed E-state index contributed by atoms with van der Waals surface area (Å²) in [6, 6.07) is 18.0. The predicted octanol–water partition coefficient (Wildman–Crippen LogP) is 5.13. The van der Waals surface area contributed by atoms with E-state index in [4.69, 9.17) is 16.3 Å². The van der Waals surface area contributed by atoms with Crippen LogP contribution in [0.1, 0.15) is 17.3 Å². The van der Waals surface area contributed by atoms with Gasteiger partial charge in [0.2, 0.25) is 0 Å². The van der Waals surface area contributed by atoms with Crippen molar-refractivity contribution in [3.63, 3.8) is 0 Å². The molecule has 6 heteroatoms. The van der Waals surface area contributed by atoms with E-state index in [-0.39, 0.29) is 5.91 Å². The molecule has 0 atom stereocenters. The Balaban J connectivity index is 1.78. The van der Waals surface area contributed by atoms with Crippen molar-refractivity contribution < 1.29 is 9.53 Å². The molecular formula is C20H18ClN3O2. The predicted molar refractivity (Wildman–Crippen MR) is 105 cm³/mol. The number of halogens is 1. The van der Waals surface area contributed by atoms with Gasteiger partial charge in [-0.3, -0.25) is 4.79 Å². The number of aromatic nitrogens is 1. The number of nitrogens with one attached hydrogen (secondary N) is 2. The molecule has 2 N–H and O–H groups in total. The lowest BCUT2D eigenvalue weighted by atomic mass is 10.2. The monoisotopic (exact) mass is 367 g/mol. The first kappa shape index (κ1) is 17.8. The third-order valence-electron chi connectivity index (χ3n) is 3.59. The SMILES string of the molecule is CCOc1ccccc1Nc1cc(C(=O)Nc2ccccc2Cl)ccn1. The Bertz CT molecular complexity index is 915. The van der Waals surface area contributed by atoms with Crippen molar-refractivity contribution in [1.29, 1.82) is 0 Å². The van der Waals surface area contributed by atoms with Crippen LogP contribution in [0, 0.1) is 0 Å². The first-order chi connectivity index (χ1) is 12.7. The molecule has 0 radical (unpaired) electrons. The van der Waals surface area contributed by atoms with Crippen LogP contribution in [0.5, 0.6) is 5.75 Å². The number of hydrogen-bond donors (Lipinski definition) is 2. The Labute approximate surface area is 157 Å². The molecule has 5 nitrogen and oxygen atoms in total. The van der Waals surface area contributed by atoms with Gasteiger partial charge in [-0.25, -0.2) is 4.98 Å². The molecule has 0 spiro atoms. The van der Waals surface area contributed by atoms with Crippen LogP contribution < -0.4 is 15.4 Å². The summed E-state index contributed by atoms with van der Waals surface area (Å²) in [7, 11) is 0. The summed E-state index contributed by atoms with van der Waals surface area (Å²) < 4.78 is 5.59. The number of carbonyl (C=O) groups is 1. The maximum absolute atomic E-state index is 12.5. The molecule has 0 fully saturated rings. The zero-order chi connectivity index (χ0) is 18.4. The Morgan fingerprint density at radius 2 is 1.81 bits per heavy atom. The second-order valence-electron chi connectivity index (χ2n) is 5.42. The van der Waals surface area contributed by atoms with Gasteiger partial charge in [-0.05, 0) is 43.3 Å². The van der Waals surface area contributed by atoms with Crippen molar-refractivity contribution in [1.82, 2.24) is 4.98 Å². The fourth-order valence-electron chi connectivity index (χ4n) is 2.39. The van der Waals surface area contributed by atoms with Crippen LogP contribution in [0.15, 0.2) is 66.9 Å². The van der Waals surface area contributed by atoms with E-state index >= 15 is 0 Å². The van der Waals surface area contributed by atoms with E-state index in [2.05, 4.69) is 15.6 Å². The number of ether oxygens (including phenoxy) is 1. The molecule has 0 saturated carbocycles. The van der Waals surface area contributed by atoms with Crippen molar-refractivity contribution >= 4 is 34.7 Å². The zero-order valence-corrected chi connectivity index (χ0v) is 15.0. The van der Waals surface area contributed by atoms with Gasteiger partial charge in [0.05, 0.1) is 23.0 Å². The number of amides is 1. The standard InChI is InChI=1S/C20H18ClN3O2/c1-2-26-18-10-6-5-9-17(18)23-19-13-14(11-12-22-19)20(25)24-16-8-4-3-7-15(16)21/h3-13H,2H2,1H3,(H,22,23)(H,24,25). The molecule has 1 heterocycles. The first-order valence-corrected chi connectivity index (χ1v) is 8.56. The number of hydrogen-bond acceptors (Lipinski definition) is 4. The highest BCUT2D eigenvalue weighted by atomic mass is 35.5. The van der Waals surface area contributed by atoms with Crippen LogP contribution in [-0.4, -0.2) is 17.5 Å². The van der Waals surface area contributed by atoms with Gasteiger partial charge in [-0.2, -0.15) is 0 Å². The van der Waals surface area contributed by atoms with E-state index in [1.807, 2.05) is 43.3 Å². The van der Waals surface area contributed by atoms with Gasteiger partial charge in [0.1, 0.15) is 11.6 Å². The van der Waals surface area contributed by atoms with E-state index in [0.717, 1.165) is 11.4 Å². The van der Waals surface area contributed by atoms with E-state index < -0.39 is 0 Å². The second-order valence-corrected chi connectivity index (χ2v) is 5.83. The lowest BCUT2D eigenvalue weighted by Crippen LogP contribution is -2.12. The van der Waals surface area contributed by atoms with Gasteiger partial charge in [0, 0.05) is 11.8 Å². The molecule has 3 aromatic rings. The summed E-state index contributed by atoms with van der Waals surface area (Å²) >= 11 is 6.09. The molecule has 0 aliphatic heterocycles. The maximum Gasteiger partial charge on any atom is 0.255 e. The number of anilines is 3. The summed E-state index contributed by atoms with van der Waals surface area (Å²) in [5.74, 6) is 1.01. The highest BCUT2D eigenvalue weighted by molar-refractivity contribution is 6.33. The summed E-state index contributed by atoms with van der Waals surface area (Å²) in [5, 5.41) is 6.47. The van der Waals surface area contributed by atoms with Gasteiger partial charge < -0.3 is 15.4 Å². The largest absolute Gasteiger partial charge is 0.492 e. The highest BCUT2D eigenvalue weighted by Gasteiger charge is 2.10. The quantitative estimate of drug-likeness (QED) is 0.634. The zero-order valence-electron chi connectivity index (χ0n) is 14.2. The summed E-state index contributed by atoms with van der Waals surface area (Å²) in [6.07, 6.45) is 1.58. The average molecular weight is 368 g/mol. The molecular weight excluding hydrogens is 350 g/mol. The van der Waals surface area contributed by atoms with Crippen LogP contribution in [-0.2, 0) is 0 Å². The van der Waals surface area contributed by atoms with Crippen LogP contribution in [0.2, 0.25) is 5.02 Å². The lowest BCUT2D eigenvalue weighted by molar-refractivity contribution is 0.102. The van der Waals surface area contributed by atoms with Gasteiger partial charge in [0.15, 0.2) is 0 Å². The molecule has 132 valence electrons. The molecule has 0 aliphatic rings. The molecule has 0 bridgehead atoms. The van der Waals surface area contributed by atoms with Gasteiger partial charge in [-0.1, -0.05) is 35.9 Å². The molecule has 1 aromatic heterocycles. The maximum atomic E-state index is 12.5. The average Bonchev–Trinajstić information content (AvgIpc) is 2.66. The summed E-state index contributed by atoms with van der Waals surface area (Å²) in [5.41, 5.74) is 1.81. The number of pyridine rings is 1. The van der Waals surface area contributed by atoms with Crippen molar-refractivity contribution in [3.05, 3.63) is 77.4 Å². The Morgan fingerprint density at radius 1 is 1.08 bits per heavy atom. The minimum Gasteiger partial charge on any atom is -0.492 e. The highest BCUT2D eigenvalue weighted by Crippen LogP contribution is 2.27. The molecule has 26 heavy (non-hydrogen) atoms. The summed E-state index contributed by atoms with van der Waals surface area (Å²) in [4.78, 5) is 16.8. The van der Waals surface area contributed by atoms with E-state index in [0.29, 0.717) is 28.7 Å². The molecule has 0 saturated heterocycles. The number of para-hydroxylation sites is 3. The minimum absolute atomic E-state index is 0.262. The number of benzene rings is 2. The molecule has 3 rings (SSSR count). The van der Waals surface area contributed by atoms with Gasteiger partial charge >= 0.3 is 0 Å². The smallest absolute Gasteiger partial charge is 0.255 e. The van der Waals surface area contributed by atoms with Gasteiger partial charge in [0.25, 0.3) is 5.91 Å². The second kappa shape index (κ2) is 8.36. The molecule has 0 unspecified atom stereocenters. The van der Waals surface area contributed by atoms with Crippen LogP contribution in [0.3, 0.4) is 0 Å². The fourth-order valence-corrected chi connectivity index (χ4v) is 2.57. The lowest BCUT2D eigenvalue weighted by Gasteiger charge is -2.12. The Morgan fingerprint density at radius 3 is 2.58 bits per heavy atom. The number of rotatable bonds is 6. The first-order valence-electron chi connectivity index (χ1n) is 8.18. The van der Waals surface area contributed by atoms with Crippen LogP contribution in [0.25, 0.3) is 0 Å².